The van der Waals surface area contributed by atoms with Crippen LogP contribution in [0.25, 0.3) is 0 Å². The third-order valence-electron chi connectivity index (χ3n) is 4.47. The van der Waals surface area contributed by atoms with Crippen molar-refractivity contribution in [2.24, 2.45) is 5.92 Å². The molecular weight excluding hydrogens is 267 g/mol. The van der Waals surface area contributed by atoms with Gasteiger partial charge in [0.15, 0.2) is 0 Å². The molecule has 0 aliphatic carbocycles. The minimum absolute atomic E-state index is 0.177. The van der Waals surface area contributed by atoms with Crippen LogP contribution in [0.4, 0.5) is 4.39 Å². The highest BCUT2D eigenvalue weighted by molar-refractivity contribution is 5.29. The van der Waals surface area contributed by atoms with E-state index in [1.165, 1.54) is 6.07 Å². The number of benzene rings is 1. The summed E-state index contributed by atoms with van der Waals surface area (Å²) in [5.41, 5.74) is 0.749. The lowest BCUT2D eigenvalue weighted by Gasteiger charge is -2.41. The van der Waals surface area contributed by atoms with Gasteiger partial charge in [0.05, 0.1) is 7.11 Å². The van der Waals surface area contributed by atoms with Crippen LogP contribution < -0.4 is 10.1 Å². The predicted molar refractivity (Wildman–Crippen MR) is 84.1 cm³/mol. The fraction of sp³-hybridized carbons (Fsp3) is 0.647. The zero-order valence-electron chi connectivity index (χ0n) is 13.5. The van der Waals surface area contributed by atoms with E-state index in [0.29, 0.717) is 30.3 Å². The Morgan fingerprint density at radius 2 is 2.19 bits per heavy atom. The number of piperazine rings is 1. The Kier molecular flexibility index (Phi) is 5.59. The van der Waals surface area contributed by atoms with Crippen LogP contribution in [0, 0.1) is 11.7 Å². The Morgan fingerprint density at radius 1 is 1.43 bits per heavy atom. The molecule has 0 spiro atoms. The van der Waals surface area contributed by atoms with Crippen molar-refractivity contribution in [3.63, 3.8) is 0 Å². The highest BCUT2D eigenvalue weighted by Gasteiger charge is 2.28. The summed E-state index contributed by atoms with van der Waals surface area (Å²) in [6, 6.07) is 6.10. The molecule has 0 aromatic heterocycles. The van der Waals surface area contributed by atoms with Crippen molar-refractivity contribution in [2.45, 2.75) is 45.8 Å². The Hall–Kier alpha value is -1.13. The van der Waals surface area contributed by atoms with E-state index in [2.05, 4.69) is 31.0 Å². The molecule has 0 bridgehead atoms. The minimum atomic E-state index is -0.177. The van der Waals surface area contributed by atoms with Crippen LogP contribution in [0.15, 0.2) is 18.2 Å². The zero-order valence-corrected chi connectivity index (χ0v) is 13.5. The van der Waals surface area contributed by atoms with E-state index in [9.17, 15) is 4.39 Å². The average molecular weight is 294 g/mol. The molecule has 1 heterocycles. The predicted octanol–water partition coefficient (Wildman–Crippen LogP) is 3.04. The molecule has 3 nitrogen and oxygen atoms in total. The smallest absolute Gasteiger partial charge is 0.131 e. The van der Waals surface area contributed by atoms with Crippen LogP contribution in [0.2, 0.25) is 0 Å². The van der Waals surface area contributed by atoms with E-state index in [1.807, 2.05) is 12.1 Å². The molecule has 2 unspecified atom stereocenters. The Balaban J connectivity index is 2.11. The van der Waals surface area contributed by atoms with E-state index < -0.39 is 0 Å². The van der Waals surface area contributed by atoms with Crippen molar-refractivity contribution in [3.05, 3.63) is 29.6 Å². The highest BCUT2D eigenvalue weighted by atomic mass is 19.1. The van der Waals surface area contributed by atoms with E-state index in [-0.39, 0.29) is 5.82 Å². The number of methoxy groups -OCH3 is 1. The number of hydrogen-bond donors (Lipinski definition) is 1. The summed E-state index contributed by atoms with van der Waals surface area (Å²) in [5.74, 6) is 0.985. The quantitative estimate of drug-likeness (QED) is 0.903. The van der Waals surface area contributed by atoms with Gasteiger partial charge in [-0.05, 0) is 18.4 Å². The maximum atomic E-state index is 14.2. The van der Waals surface area contributed by atoms with Crippen molar-refractivity contribution in [2.75, 3.05) is 20.2 Å². The normalized spacial score (nSPS) is 23.5. The second-order valence-electron chi connectivity index (χ2n) is 6.21. The standard InChI is InChI=1S/C17H27FN2O/c1-5-14-9-19-17(12(2)3)11-20(14)10-13-6-7-15(21-4)8-16(13)18/h6-8,12,14,17,19H,5,9-11H2,1-4H3. The van der Waals surface area contributed by atoms with Gasteiger partial charge in [-0.15, -0.1) is 0 Å². The summed E-state index contributed by atoms with van der Waals surface area (Å²) in [5, 5.41) is 3.61. The molecule has 1 aliphatic rings. The summed E-state index contributed by atoms with van der Waals surface area (Å²) >= 11 is 0. The SMILES string of the molecule is CCC1CNC(C(C)C)CN1Cc1ccc(OC)cc1F. The molecule has 1 aliphatic heterocycles. The van der Waals surface area contributed by atoms with Crippen LogP contribution in [0.1, 0.15) is 32.8 Å². The Labute approximate surface area is 127 Å². The van der Waals surface area contributed by atoms with Gasteiger partial charge in [0.25, 0.3) is 0 Å². The second-order valence-corrected chi connectivity index (χ2v) is 6.21. The van der Waals surface area contributed by atoms with Crippen LogP contribution in [-0.2, 0) is 6.54 Å². The first-order valence-corrected chi connectivity index (χ1v) is 7.85. The van der Waals surface area contributed by atoms with Gasteiger partial charge >= 0.3 is 0 Å². The van der Waals surface area contributed by atoms with Gasteiger partial charge in [-0.2, -0.15) is 0 Å². The topological polar surface area (TPSA) is 24.5 Å². The van der Waals surface area contributed by atoms with E-state index >= 15 is 0 Å². The molecule has 1 saturated heterocycles. The molecule has 2 atom stereocenters. The fourth-order valence-corrected chi connectivity index (χ4v) is 2.93. The van der Waals surface area contributed by atoms with E-state index in [1.54, 1.807) is 7.11 Å². The number of nitrogens with one attached hydrogen (secondary N) is 1. The van der Waals surface area contributed by atoms with Gasteiger partial charge < -0.3 is 10.1 Å². The molecule has 0 radical (unpaired) electrons. The zero-order chi connectivity index (χ0) is 15.4. The Morgan fingerprint density at radius 3 is 2.76 bits per heavy atom. The summed E-state index contributed by atoms with van der Waals surface area (Å²) < 4.78 is 19.2. The number of hydrogen-bond acceptors (Lipinski definition) is 3. The second kappa shape index (κ2) is 7.23. The molecule has 118 valence electrons. The molecule has 1 N–H and O–H groups in total. The first kappa shape index (κ1) is 16.2. The van der Waals surface area contributed by atoms with E-state index in [4.69, 9.17) is 4.74 Å². The van der Waals surface area contributed by atoms with Gasteiger partial charge in [0.1, 0.15) is 11.6 Å². The molecule has 4 heteroatoms. The number of halogens is 1. The van der Waals surface area contributed by atoms with Gasteiger partial charge in [-0.3, -0.25) is 4.90 Å². The first-order chi connectivity index (χ1) is 10.0. The Bertz CT molecular complexity index is 464. The summed E-state index contributed by atoms with van der Waals surface area (Å²) in [7, 11) is 1.56. The molecule has 0 amide bonds. The number of rotatable bonds is 5. The van der Waals surface area contributed by atoms with Gasteiger partial charge in [0, 0.05) is 43.3 Å². The fourth-order valence-electron chi connectivity index (χ4n) is 2.93. The monoisotopic (exact) mass is 294 g/mol. The minimum Gasteiger partial charge on any atom is -0.497 e. The molecular formula is C17H27FN2O. The van der Waals surface area contributed by atoms with Crippen molar-refractivity contribution < 1.29 is 9.13 Å². The average Bonchev–Trinajstić information content (AvgIpc) is 2.49. The lowest BCUT2D eigenvalue weighted by atomic mass is 9.98. The van der Waals surface area contributed by atoms with Crippen molar-refractivity contribution in [1.82, 2.24) is 10.2 Å². The molecule has 1 aromatic carbocycles. The first-order valence-electron chi connectivity index (χ1n) is 7.85. The van der Waals surface area contributed by atoms with Gasteiger partial charge in [-0.1, -0.05) is 26.8 Å². The summed E-state index contributed by atoms with van der Waals surface area (Å²) in [6.45, 7) is 9.28. The van der Waals surface area contributed by atoms with Gasteiger partial charge in [-0.25, -0.2) is 4.39 Å². The number of nitrogens with zero attached hydrogens (tertiary/aromatic N) is 1. The molecule has 1 fully saturated rings. The van der Waals surface area contributed by atoms with Gasteiger partial charge in [0.2, 0.25) is 0 Å². The highest BCUT2D eigenvalue weighted by Crippen LogP contribution is 2.22. The largest absolute Gasteiger partial charge is 0.497 e. The maximum Gasteiger partial charge on any atom is 0.131 e. The van der Waals surface area contributed by atoms with Crippen molar-refractivity contribution in [1.29, 1.82) is 0 Å². The third kappa shape index (κ3) is 3.95. The maximum absolute atomic E-state index is 14.2. The molecule has 1 aromatic rings. The van der Waals surface area contributed by atoms with Crippen molar-refractivity contribution >= 4 is 0 Å². The lowest BCUT2D eigenvalue weighted by molar-refractivity contribution is 0.102. The van der Waals surface area contributed by atoms with Crippen LogP contribution in [-0.4, -0.2) is 37.2 Å². The van der Waals surface area contributed by atoms with Crippen LogP contribution >= 0.6 is 0 Å². The lowest BCUT2D eigenvalue weighted by Crippen LogP contribution is -2.57. The molecule has 0 saturated carbocycles. The number of ether oxygens (including phenoxy) is 1. The van der Waals surface area contributed by atoms with E-state index in [0.717, 1.165) is 25.1 Å². The summed E-state index contributed by atoms with van der Waals surface area (Å²) in [4.78, 5) is 2.41. The van der Waals surface area contributed by atoms with Crippen LogP contribution in [0.5, 0.6) is 5.75 Å². The third-order valence-corrected chi connectivity index (χ3v) is 4.47. The molecule has 21 heavy (non-hydrogen) atoms. The van der Waals surface area contributed by atoms with Crippen LogP contribution in [0.3, 0.4) is 0 Å². The van der Waals surface area contributed by atoms with Crippen molar-refractivity contribution in [3.8, 4) is 5.75 Å². The summed E-state index contributed by atoms with van der Waals surface area (Å²) in [6.07, 6.45) is 1.08. The molecule has 2 rings (SSSR count).